The lowest BCUT2D eigenvalue weighted by molar-refractivity contribution is -0.138. The van der Waals surface area contributed by atoms with E-state index in [1.54, 1.807) is 0 Å². The van der Waals surface area contributed by atoms with E-state index >= 15 is 0 Å². The van der Waals surface area contributed by atoms with Crippen LogP contribution in [0, 0.1) is 11.8 Å². The molecular formula is C21H37N3O2. The summed E-state index contributed by atoms with van der Waals surface area (Å²) < 4.78 is 0. The van der Waals surface area contributed by atoms with Gasteiger partial charge >= 0.3 is 0 Å². The molecule has 2 aliphatic rings. The average Bonchev–Trinajstić information content (AvgIpc) is 3.13. The SMILES string of the molecule is C=CC1CCC(CCN2CCCC2)C(NC(C)=O)(C(=O)NCCCC)C1. The minimum Gasteiger partial charge on any atom is -0.354 e. The topological polar surface area (TPSA) is 61.4 Å². The summed E-state index contributed by atoms with van der Waals surface area (Å²) in [5.74, 6) is 0.345. The highest BCUT2D eigenvalue weighted by molar-refractivity contribution is 5.91. The maximum Gasteiger partial charge on any atom is 0.246 e. The summed E-state index contributed by atoms with van der Waals surface area (Å²) in [5.41, 5.74) is -0.795. The van der Waals surface area contributed by atoms with Gasteiger partial charge in [0.25, 0.3) is 0 Å². The van der Waals surface area contributed by atoms with E-state index in [0.717, 1.165) is 51.7 Å². The molecule has 1 saturated heterocycles. The van der Waals surface area contributed by atoms with Crippen LogP contribution < -0.4 is 10.6 Å². The minimum absolute atomic E-state index is 0.000813. The summed E-state index contributed by atoms with van der Waals surface area (Å²) in [5, 5.41) is 6.19. The van der Waals surface area contributed by atoms with Crippen LogP contribution in [0.4, 0.5) is 0 Å². The number of hydrogen-bond acceptors (Lipinski definition) is 3. The first kappa shape index (κ1) is 20.9. The number of carbonyl (C=O) groups is 2. The van der Waals surface area contributed by atoms with Gasteiger partial charge in [-0.2, -0.15) is 0 Å². The molecule has 2 N–H and O–H groups in total. The standard InChI is InChI=1S/C21H37N3O2/c1-4-6-12-22-20(26)21(23-17(3)25)16-18(5-2)9-10-19(21)11-15-24-13-7-8-14-24/h5,18-19H,2,4,6-16H2,1,3H3,(H,22,26)(H,23,25). The van der Waals surface area contributed by atoms with E-state index in [2.05, 4.69) is 29.0 Å². The van der Waals surface area contributed by atoms with E-state index in [4.69, 9.17) is 0 Å². The fourth-order valence-corrected chi connectivity index (χ4v) is 4.62. The molecule has 0 aromatic rings. The maximum atomic E-state index is 13.2. The van der Waals surface area contributed by atoms with Crippen LogP contribution in [0.15, 0.2) is 12.7 Å². The first-order chi connectivity index (χ1) is 12.5. The van der Waals surface area contributed by atoms with Gasteiger partial charge in [-0.3, -0.25) is 9.59 Å². The number of unbranched alkanes of at least 4 members (excludes halogenated alkanes) is 1. The number of nitrogens with zero attached hydrogens (tertiary/aromatic N) is 1. The van der Waals surface area contributed by atoms with Crippen LogP contribution in [0.1, 0.15) is 65.2 Å². The number of amides is 2. The van der Waals surface area contributed by atoms with Crippen LogP contribution in [0.3, 0.4) is 0 Å². The van der Waals surface area contributed by atoms with Crippen molar-refractivity contribution in [3.63, 3.8) is 0 Å². The Balaban J connectivity index is 2.16. The van der Waals surface area contributed by atoms with Crippen molar-refractivity contribution in [3.05, 3.63) is 12.7 Å². The van der Waals surface area contributed by atoms with Crippen molar-refractivity contribution in [2.45, 2.75) is 70.8 Å². The lowest BCUT2D eigenvalue weighted by Gasteiger charge is -2.46. The van der Waals surface area contributed by atoms with Crippen molar-refractivity contribution in [2.24, 2.45) is 11.8 Å². The first-order valence-electron chi connectivity index (χ1n) is 10.4. The molecule has 1 heterocycles. The van der Waals surface area contributed by atoms with E-state index in [-0.39, 0.29) is 23.7 Å². The van der Waals surface area contributed by atoms with Gasteiger partial charge in [-0.05, 0) is 76.4 Å². The number of rotatable bonds is 9. The third kappa shape index (κ3) is 5.32. The maximum absolute atomic E-state index is 13.2. The molecule has 1 saturated carbocycles. The van der Waals surface area contributed by atoms with Crippen molar-refractivity contribution in [1.29, 1.82) is 0 Å². The van der Waals surface area contributed by atoms with Gasteiger partial charge in [0.2, 0.25) is 11.8 Å². The summed E-state index contributed by atoms with van der Waals surface area (Å²) in [7, 11) is 0. The van der Waals surface area contributed by atoms with E-state index in [1.165, 1.54) is 19.8 Å². The van der Waals surface area contributed by atoms with Crippen LogP contribution in [-0.2, 0) is 9.59 Å². The predicted molar refractivity (Wildman–Crippen MR) is 106 cm³/mol. The lowest BCUT2D eigenvalue weighted by atomic mass is 9.66. The molecule has 3 atom stereocenters. The molecule has 0 bridgehead atoms. The molecule has 3 unspecified atom stereocenters. The smallest absolute Gasteiger partial charge is 0.246 e. The first-order valence-corrected chi connectivity index (χ1v) is 10.4. The summed E-state index contributed by atoms with van der Waals surface area (Å²) in [6.45, 7) is 11.6. The second kappa shape index (κ2) is 10.1. The Labute approximate surface area is 159 Å². The molecule has 0 aromatic carbocycles. The zero-order chi connectivity index (χ0) is 19.0. The fourth-order valence-electron chi connectivity index (χ4n) is 4.62. The van der Waals surface area contributed by atoms with Crippen LogP contribution in [-0.4, -0.2) is 48.4 Å². The average molecular weight is 364 g/mol. The Kier molecular flexibility index (Phi) is 8.14. The zero-order valence-electron chi connectivity index (χ0n) is 16.7. The van der Waals surface area contributed by atoms with E-state index in [1.807, 2.05) is 6.08 Å². The fraction of sp³-hybridized carbons (Fsp3) is 0.810. The molecular weight excluding hydrogens is 326 g/mol. The van der Waals surface area contributed by atoms with Gasteiger partial charge in [-0.25, -0.2) is 0 Å². The molecule has 26 heavy (non-hydrogen) atoms. The second-order valence-electron chi connectivity index (χ2n) is 8.07. The normalized spacial score (nSPS) is 29.3. The Hall–Kier alpha value is -1.36. The third-order valence-electron chi connectivity index (χ3n) is 6.11. The molecule has 5 nitrogen and oxygen atoms in total. The summed E-state index contributed by atoms with van der Waals surface area (Å²) >= 11 is 0. The molecule has 0 aromatic heterocycles. The van der Waals surface area contributed by atoms with Crippen LogP contribution in [0.2, 0.25) is 0 Å². The number of carbonyl (C=O) groups excluding carboxylic acids is 2. The molecule has 5 heteroatoms. The van der Waals surface area contributed by atoms with Crippen molar-refractivity contribution < 1.29 is 9.59 Å². The van der Waals surface area contributed by atoms with Crippen LogP contribution in [0.5, 0.6) is 0 Å². The van der Waals surface area contributed by atoms with E-state index < -0.39 is 5.54 Å². The number of likely N-dealkylation sites (tertiary alicyclic amines) is 1. The molecule has 2 rings (SSSR count). The van der Waals surface area contributed by atoms with Crippen molar-refractivity contribution in [2.75, 3.05) is 26.2 Å². The number of hydrogen-bond donors (Lipinski definition) is 2. The summed E-state index contributed by atoms with van der Waals surface area (Å²) in [6.07, 6.45) is 10.2. The number of nitrogens with one attached hydrogen (secondary N) is 2. The van der Waals surface area contributed by atoms with Gasteiger partial charge in [0.15, 0.2) is 0 Å². The van der Waals surface area contributed by atoms with Crippen LogP contribution >= 0.6 is 0 Å². The third-order valence-corrected chi connectivity index (χ3v) is 6.11. The molecule has 2 amide bonds. The Morgan fingerprint density at radius 2 is 2.00 bits per heavy atom. The van der Waals surface area contributed by atoms with Crippen LogP contribution in [0.25, 0.3) is 0 Å². The Morgan fingerprint density at radius 1 is 1.27 bits per heavy atom. The molecule has 1 aliphatic heterocycles. The van der Waals surface area contributed by atoms with Crippen molar-refractivity contribution >= 4 is 11.8 Å². The molecule has 0 spiro atoms. The lowest BCUT2D eigenvalue weighted by Crippen LogP contribution is -2.65. The van der Waals surface area contributed by atoms with Gasteiger partial charge in [-0.1, -0.05) is 19.4 Å². The van der Waals surface area contributed by atoms with E-state index in [9.17, 15) is 9.59 Å². The molecule has 0 radical (unpaired) electrons. The largest absolute Gasteiger partial charge is 0.354 e. The van der Waals surface area contributed by atoms with Gasteiger partial charge in [0.05, 0.1) is 0 Å². The number of allylic oxidation sites excluding steroid dienone is 1. The predicted octanol–water partition coefficient (Wildman–Crippen LogP) is 2.87. The van der Waals surface area contributed by atoms with Crippen molar-refractivity contribution in [1.82, 2.24) is 15.5 Å². The van der Waals surface area contributed by atoms with Gasteiger partial charge < -0.3 is 15.5 Å². The Bertz CT molecular complexity index is 488. The zero-order valence-corrected chi connectivity index (χ0v) is 16.7. The summed E-state index contributed by atoms with van der Waals surface area (Å²) in [4.78, 5) is 27.7. The molecule has 2 fully saturated rings. The molecule has 1 aliphatic carbocycles. The van der Waals surface area contributed by atoms with Gasteiger partial charge in [0, 0.05) is 13.5 Å². The molecule has 148 valence electrons. The van der Waals surface area contributed by atoms with E-state index in [0.29, 0.717) is 13.0 Å². The second-order valence-corrected chi connectivity index (χ2v) is 8.07. The van der Waals surface area contributed by atoms with Crippen molar-refractivity contribution in [3.8, 4) is 0 Å². The highest BCUT2D eigenvalue weighted by atomic mass is 16.2. The quantitative estimate of drug-likeness (QED) is 0.489. The Morgan fingerprint density at radius 3 is 2.62 bits per heavy atom. The minimum atomic E-state index is -0.795. The van der Waals surface area contributed by atoms with Gasteiger partial charge in [-0.15, -0.1) is 6.58 Å². The highest BCUT2D eigenvalue weighted by Crippen LogP contribution is 2.40. The highest BCUT2D eigenvalue weighted by Gasteiger charge is 2.49. The van der Waals surface area contributed by atoms with Gasteiger partial charge in [0.1, 0.15) is 5.54 Å². The summed E-state index contributed by atoms with van der Waals surface area (Å²) in [6, 6.07) is 0. The monoisotopic (exact) mass is 363 g/mol.